The van der Waals surface area contributed by atoms with Gasteiger partial charge in [-0.2, -0.15) is 4.98 Å². The van der Waals surface area contributed by atoms with Crippen LogP contribution < -0.4 is 15.9 Å². The molecule has 12 nitrogen and oxygen atoms in total. The highest BCUT2D eigenvalue weighted by Crippen LogP contribution is 2.48. The number of rotatable bonds is 4. The van der Waals surface area contributed by atoms with Crippen LogP contribution in [0.3, 0.4) is 0 Å². The zero-order chi connectivity index (χ0) is 24.0. The van der Waals surface area contributed by atoms with E-state index in [0.29, 0.717) is 11.1 Å². The molecule has 4 heterocycles. The summed E-state index contributed by atoms with van der Waals surface area (Å²) in [7, 11) is 0. The van der Waals surface area contributed by atoms with E-state index in [9.17, 15) is 19.6 Å². The first-order valence-corrected chi connectivity index (χ1v) is 11.1. The van der Waals surface area contributed by atoms with Crippen LogP contribution >= 0.6 is 36.2 Å². The molecular formula is C19H11N7O5S3. The van der Waals surface area contributed by atoms with Crippen molar-refractivity contribution < 1.29 is 9.84 Å². The van der Waals surface area contributed by atoms with Gasteiger partial charge in [0.15, 0.2) is 9.93 Å². The maximum atomic E-state index is 13.0. The average molecular weight is 514 g/mol. The van der Waals surface area contributed by atoms with Gasteiger partial charge in [0.05, 0.1) is 23.1 Å². The largest absolute Gasteiger partial charge is 0.493 e. The minimum atomic E-state index is -0.749. The fraction of sp³-hybridized carbons (Fsp3) is 0.0526. The maximum Gasteiger partial charge on any atom is 0.259 e. The predicted molar refractivity (Wildman–Crippen MR) is 125 cm³/mol. The van der Waals surface area contributed by atoms with Crippen LogP contribution in [-0.4, -0.2) is 35.0 Å². The standard InChI is InChI=1S/C19H11N7O5S3/c27-8-5-9(28)21-19(20-8)34-16-12-10(6-1-3-7(26-30)4-2-6)11-13(29)22-17(32)23-14(11)31-15(12)24-18(33)25-16/h1-5,10H,(H,24,25,33)(H2,20,21,27,28)(H2,22,23,29,32). The van der Waals surface area contributed by atoms with Crippen LogP contribution in [-0.2, 0) is 0 Å². The minimum Gasteiger partial charge on any atom is -0.493 e. The Morgan fingerprint density at radius 3 is 2.44 bits per heavy atom. The van der Waals surface area contributed by atoms with Crippen LogP contribution in [0.4, 0.5) is 5.69 Å². The number of H-pyrrole nitrogens is 4. The van der Waals surface area contributed by atoms with Crippen molar-refractivity contribution in [2.45, 2.75) is 16.1 Å². The zero-order valence-electron chi connectivity index (χ0n) is 16.6. The number of aromatic hydroxyl groups is 1. The Morgan fingerprint density at radius 1 is 1.00 bits per heavy atom. The normalized spacial score (nSPS) is 14.1. The second-order valence-corrected chi connectivity index (χ2v) is 8.74. The third-order valence-electron chi connectivity index (χ3n) is 4.86. The minimum absolute atomic E-state index is 0.0479. The number of aromatic nitrogens is 6. The summed E-state index contributed by atoms with van der Waals surface area (Å²) in [6.07, 6.45) is 0. The van der Waals surface area contributed by atoms with Gasteiger partial charge in [-0.1, -0.05) is 12.1 Å². The number of nitrogens with one attached hydrogen (secondary N) is 4. The molecule has 0 amide bonds. The maximum absolute atomic E-state index is 13.0. The number of hydrogen-bond donors (Lipinski definition) is 5. The highest BCUT2D eigenvalue weighted by molar-refractivity contribution is 7.99. The van der Waals surface area contributed by atoms with E-state index in [1.807, 2.05) is 0 Å². The van der Waals surface area contributed by atoms with Gasteiger partial charge in [0.2, 0.25) is 22.4 Å². The van der Waals surface area contributed by atoms with E-state index in [4.69, 9.17) is 29.2 Å². The molecule has 34 heavy (non-hydrogen) atoms. The number of hydrogen-bond acceptors (Lipinski definition) is 11. The van der Waals surface area contributed by atoms with Crippen molar-refractivity contribution in [1.29, 1.82) is 0 Å². The van der Waals surface area contributed by atoms with Crippen LogP contribution in [0.5, 0.6) is 17.6 Å². The van der Waals surface area contributed by atoms with E-state index in [-0.39, 0.29) is 42.7 Å². The van der Waals surface area contributed by atoms with Crippen molar-refractivity contribution >= 4 is 41.9 Å². The summed E-state index contributed by atoms with van der Waals surface area (Å²) in [4.78, 5) is 54.7. The third-order valence-corrected chi connectivity index (χ3v) is 6.14. The second-order valence-electron chi connectivity index (χ2n) is 6.97. The molecule has 0 saturated carbocycles. The monoisotopic (exact) mass is 513 g/mol. The number of benzene rings is 1. The first-order valence-electron chi connectivity index (χ1n) is 9.42. The highest BCUT2D eigenvalue weighted by atomic mass is 32.2. The molecule has 170 valence electrons. The van der Waals surface area contributed by atoms with Gasteiger partial charge in [-0.15, -0.1) is 4.91 Å². The molecule has 5 rings (SSSR count). The second kappa shape index (κ2) is 8.44. The Bertz CT molecular complexity index is 1690. The molecular weight excluding hydrogens is 502 g/mol. The lowest BCUT2D eigenvalue weighted by Gasteiger charge is -2.28. The predicted octanol–water partition coefficient (Wildman–Crippen LogP) is 3.51. The lowest BCUT2D eigenvalue weighted by Crippen LogP contribution is -2.25. The fourth-order valence-corrected chi connectivity index (χ4v) is 4.90. The van der Waals surface area contributed by atoms with Gasteiger partial charge < -0.3 is 24.8 Å². The molecule has 0 spiro atoms. The molecule has 1 aromatic carbocycles. The summed E-state index contributed by atoms with van der Waals surface area (Å²) < 4.78 is 6.04. The van der Waals surface area contributed by atoms with Crippen LogP contribution in [0.25, 0.3) is 0 Å². The van der Waals surface area contributed by atoms with Gasteiger partial charge in [0.1, 0.15) is 10.7 Å². The Kier molecular flexibility index (Phi) is 5.43. The SMILES string of the molecule is O=Nc1ccc(C2c3c(Sc4nc(O)cc(=O)[nH]4)nc(=S)[nH]c3Oc3[nH]c(=S)[nH]c(=O)c32)cc1. The Labute approximate surface area is 202 Å². The zero-order valence-corrected chi connectivity index (χ0v) is 19.1. The fourth-order valence-electron chi connectivity index (χ4n) is 3.54. The van der Waals surface area contributed by atoms with E-state index in [1.54, 1.807) is 12.1 Å². The number of aromatic amines is 4. The summed E-state index contributed by atoms with van der Waals surface area (Å²) in [5, 5.41) is 13.0. The molecule has 0 fully saturated rings. The molecule has 1 unspecified atom stereocenters. The van der Waals surface area contributed by atoms with Crippen molar-refractivity contribution in [1.82, 2.24) is 29.9 Å². The topological polar surface area (TPSA) is 182 Å². The smallest absolute Gasteiger partial charge is 0.259 e. The van der Waals surface area contributed by atoms with Crippen molar-refractivity contribution in [3.63, 3.8) is 0 Å². The molecule has 1 atom stereocenters. The molecule has 5 N–H and O–H groups in total. The van der Waals surface area contributed by atoms with E-state index in [1.165, 1.54) is 12.1 Å². The van der Waals surface area contributed by atoms with E-state index in [2.05, 4.69) is 35.1 Å². The third kappa shape index (κ3) is 3.95. The molecule has 0 saturated heterocycles. The van der Waals surface area contributed by atoms with Gasteiger partial charge in [-0.3, -0.25) is 14.6 Å². The molecule has 0 radical (unpaired) electrons. The van der Waals surface area contributed by atoms with Gasteiger partial charge >= 0.3 is 0 Å². The van der Waals surface area contributed by atoms with Crippen LogP contribution in [0.15, 0.2) is 55.3 Å². The quantitative estimate of drug-likeness (QED) is 0.103. The summed E-state index contributed by atoms with van der Waals surface area (Å²) in [5.41, 5.74) is 0.387. The van der Waals surface area contributed by atoms with E-state index in [0.717, 1.165) is 17.8 Å². The summed E-state index contributed by atoms with van der Waals surface area (Å²) >= 11 is 11.2. The van der Waals surface area contributed by atoms with Gasteiger partial charge in [0, 0.05) is 0 Å². The van der Waals surface area contributed by atoms with Crippen molar-refractivity contribution in [2.24, 2.45) is 5.18 Å². The lowest BCUT2D eigenvalue weighted by atomic mass is 9.86. The van der Waals surface area contributed by atoms with Crippen molar-refractivity contribution in [3.8, 4) is 17.6 Å². The highest BCUT2D eigenvalue weighted by Gasteiger charge is 2.36. The lowest BCUT2D eigenvalue weighted by molar-refractivity contribution is 0.405. The number of nitroso groups, excluding NO2 is 1. The van der Waals surface area contributed by atoms with Gasteiger partial charge in [-0.25, -0.2) is 4.98 Å². The molecule has 4 aromatic rings. The van der Waals surface area contributed by atoms with Crippen LogP contribution in [0, 0.1) is 14.4 Å². The van der Waals surface area contributed by atoms with Crippen LogP contribution in [0.2, 0.25) is 0 Å². The number of fused-ring (bicyclic) bond motifs is 2. The van der Waals surface area contributed by atoms with Crippen molar-refractivity contribution in [3.05, 3.63) is 82.2 Å². The summed E-state index contributed by atoms with van der Waals surface area (Å²) in [6.45, 7) is 0. The van der Waals surface area contributed by atoms with Gasteiger partial charge in [0.25, 0.3) is 11.1 Å². The number of ether oxygens (including phenoxy) is 1. The molecule has 1 aliphatic heterocycles. The van der Waals surface area contributed by atoms with E-state index >= 15 is 0 Å². The molecule has 1 aliphatic rings. The Morgan fingerprint density at radius 2 is 1.74 bits per heavy atom. The van der Waals surface area contributed by atoms with Crippen molar-refractivity contribution in [2.75, 3.05) is 0 Å². The average Bonchev–Trinajstić information content (AvgIpc) is 2.76. The molecule has 15 heteroatoms. The molecule has 3 aromatic heterocycles. The van der Waals surface area contributed by atoms with E-state index < -0.39 is 22.9 Å². The molecule has 0 bridgehead atoms. The number of nitrogens with zero attached hydrogens (tertiary/aromatic N) is 3. The Balaban J connectivity index is 1.78. The van der Waals surface area contributed by atoms with Crippen LogP contribution in [0.1, 0.15) is 22.6 Å². The summed E-state index contributed by atoms with van der Waals surface area (Å²) in [5.74, 6) is -0.918. The summed E-state index contributed by atoms with van der Waals surface area (Å²) in [6, 6.07) is 7.24. The Hall–Kier alpha value is -3.95. The van der Waals surface area contributed by atoms with Gasteiger partial charge in [-0.05, 0) is 59.1 Å². The first-order chi connectivity index (χ1) is 16.3. The first kappa shape index (κ1) is 21.9. The molecule has 0 aliphatic carbocycles.